The van der Waals surface area contributed by atoms with Crippen LogP contribution in [0.15, 0.2) is 16.6 Å². The fourth-order valence-electron chi connectivity index (χ4n) is 1.07. The van der Waals surface area contributed by atoms with Gasteiger partial charge < -0.3 is 4.74 Å². The van der Waals surface area contributed by atoms with Crippen molar-refractivity contribution >= 4 is 15.9 Å². The third-order valence-electron chi connectivity index (χ3n) is 1.90. The van der Waals surface area contributed by atoms with Gasteiger partial charge in [-0.25, -0.2) is 5.90 Å². The van der Waals surface area contributed by atoms with Crippen LogP contribution in [0.4, 0.5) is 0 Å². The molecule has 4 heteroatoms. The average Bonchev–Trinajstić information content (AvgIpc) is 2.13. The van der Waals surface area contributed by atoms with Crippen molar-refractivity contribution in [3.05, 3.63) is 27.7 Å². The summed E-state index contributed by atoms with van der Waals surface area (Å²) in [5, 5.41) is 0. The lowest BCUT2D eigenvalue weighted by Crippen LogP contribution is -2.01. The van der Waals surface area contributed by atoms with Crippen LogP contribution in [0.2, 0.25) is 0 Å². The molecule has 3 nitrogen and oxygen atoms in total. The van der Waals surface area contributed by atoms with Crippen molar-refractivity contribution in [3.8, 4) is 5.75 Å². The van der Waals surface area contributed by atoms with Gasteiger partial charge in [0.1, 0.15) is 5.75 Å². The molecule has 0 fully saturated rings. The minimum Gasteiger partial charge on any atom is -0.497 e. The fourth-order valence-corrected chi connectivity index (χ4v) is 1.55. The van der Waals surface area contributed by atoms with Crippen LogP contribution >= 0.6 is 15.9 Å². The number of hydrogen-bond acceptors (Lipinski definition) is 3. The molecule has 2 N–H and O–H groups in total. The van der Waals surface area contributed by atoms with Gasteiger partial charge in [-0.1, -0.05) is 15.9 Å². The summed E-state index contributed by atoms with van der Waals surface area (Å²) in [5.41, 5.74) is 2.14. The van der Waals surface area contributed by atoms with Gasteiger partial charge in [0.2, 0.25) is 0 Å². The molecule has 0 radical (unpaired) electrons. The molecule has 0 saturated carbocycles. The molecule has 0 saturated heterocycles. The highest BCUT2D eigenvalue weighted by Gasteiger charge is 2.05. The first kappa shape index (κ1) is 10.5. The van der Waals surface area contributed by atoms with Gasteiger partial charge in [0.25, 0.3) is 0 Å². The Morgan fingerprint density at radius 1 is 1.46 bits per heavy atom. The molecule has 1 aromatic carbocycles. The fraction of sp³-hybridized carbons (Fsp3) is 0.333. The van der Waals surface area contributed by atoms with Crippen molar-refractivity contribution in [1.82, 2.24) is 0 Å². The molecular formula is C9H12BrNO2. The average molecular weight is 246 g/mol. The maximum Gasteiger partial charge on any atom is 0.120 e. The van der Waals surface area contributed by atoms with Gasteiger partial charge in [0.15, 0.2) is 0 Å². The van der Waals surface area contributed by atoms with Gasteiger partial charge in [0, 0.05) is 4.47 Å². The molecule has 0 aliphatic heterocycles. The molecule has 72 valence electrons. The first-order valence-corrected chi connectivity index (χ1v) is 4.63. The molecule has 1 aromatic rings. The Kier molecular flexibility index (Phi) is 3.71. The zero-order valence-electron chi connectivity index (χ0n) is 7.63. The summed E-state index contributed by atoms with van der Waals surface area (Å²) in [5.74, 6) is 5.81. The second-order valence-corrected chi connectivity index (χ2v) is 3.56. The minimum absolute atomic E-state index is 0.391. The van der Waals surface area contributed by atoms with Crippen LogP contribution in [0.3, 0.4) is 0 Å². The summed E-state index contributed by atoms with van der Waals surface area (Å²) in [6.45, 7) is 2.39. The molecule has 0 spiro atoms. The Bertz CT molecular complexity index is 302. The SMILES string of the molecule is COc1cc(Br)c(C)c(CON)c1. The molecule has 1 rings (SSSR count). The third kappa shape index (κ3) is 2.43. The van der Waals surface area contributed by atoms with Crippen molar-refractivity contribution in [1.29, 1.82) is 0 Å². The number of methoxy groups -OCH3 is 1. The topological polar surface area (TPSA) is 44.5 Å². The number of halogens is 1. The van der Waals surface area contributed by atoms with Gasteiger partial charge in [0.05, 0.1) is 13.7 Å². The molecule has 0 atom stereocenters. The van der Waals surface area contributed by atoms with Crippen molar-refractivity contribution < 1.29 is 9.57 Å². The molecule has 0 aromatic heterocycles. The van der Waals surface area contributed by atoms with Crippen LogP contribution < -0.4 is 10.6 Å². The first-order valence-electron chi connectivity index (χ1n) is 3.83. The van der Waals surface area contributed by atoms with Gasteiger partial charge in [-0.15, -0.1) is 0 Å². The summed E-state index contributed by atoms with van der Waals surface area (Å²) in [6.07, 6.45) is 0. The summed E-state index contributed by atoms with van der Waals surface area (Å²) in [7, 11) is 1.63. The van der Waals surface area contributed by atoms with Gasteiger partial charge in [-0.3, -0.25) is 4.84 Å². The Balaban J connectivity index is 3.09. The lowest BCUT2D eigenvalue weighted by Gasteiger charge is -2.09. The van der Waals surface area contributed by atoms with E-state index < -0.39 is 0 Å². The summed E-state index contributed by atoms with van der Waals surface area (Å²) >= 11 is 3.43. The summed E-state index contributed by atoms with van der Waals surface area (Å²) in [6, 6.07) is 3.82. The van der Waals surface area contributed by atoms with E-state index in [1.54, 1.807) is 7.11 Å². The predicted octanol–water partition coefficient (Wildman–Crippen LogP) is 2.16. The number of ether oxygens (including phenoxy) is 1. The third-order valence-corrected chi connectivity index (χ3v) is 2.72. The molecule has 0 heterocycles. The van der Waals surface area contributed by atoms with E-state index in [4.69, 9.17) is 10.6 Å². The first-order chi connectivity index (χ1) is 6.19. The highest BCUT2D eigenvalue weighted by atomic mass is 79.9. The van der Waals surface area contributed by atoms with E-state index in [0.717, 1.165) is 21.3 Å². The Morgan fingerprint density at radius 2 is 2.15 bits per heavy atom. The van der Waals surface area contributed by atoms with Crippen LogP contribution in [0, 0.1) is 6.92 Å². The molecule has 0 amide bonds. The van der Waals surface area contributed by atoms with E-state index in [9.17, 15) is 0 Å². The number of benzene rings is 1. The standard InChI is InChI=1S/C9H12BrNO2/c1-6-7(5-13-11)3-8(12-2)4-9(6)10/h3-4H,5,11H2,1-2H3. The Labute approximate surface area is 85.9 Å². The van der Waals surface area contributed by atoms with Gasteiger partial charge in [-0.2, -0.15) is 0 Å². The van der Waals surface area contributed by atoms with E-state index in [0.29, 0.717) is 6.61 Å². The number of hydrogen-bond donors (Lipinski definition) is 1. The molecular weight excluding hydrogens is 234 g/mol. The van der Waals surface area contributed by atoms with Crippen molar-refractivity contribution in [2.24, 2.45) is 5.90 Å². The van der Waals surface area contributed by atoms with E-state index in [1.165, 1.54) is 0 Å². The second kappa shape index (κ2) is 4.60. The maximum atomic E-state index is 5.11. The normalized spacial score (nSPS) is 10.2. The van der Waals surface area contributed by atoms with Crippen LogP contribution in [0.5, 0.6) is 5.75 Å². The maximum absolute atomic E-state index is 5.11. The summed E-state index contributed by atoms with van der Waals surface area (Å²) in [4.78, 5) is 4.59. The molecule has 13 heavy (non-hydrogen) atoms. The van der Waals surface area contributed by atoms with Gasteiger partial charge >= 0.3 is 0 Å². The quantitative estimate of drug-likeness (QED) is 0.831. The van der Waals surface area contributed by atoms with Crippen molar-refractivity contribution in [2.75, 3.05) is 7.11 Å². The number of rotatable bonds is 3. The largest absolute Gasteiger partial charge is 0.497 e. The molecule has 0 unspecified atom stereocenters. The molecule has 0 aliphatic rings. The lowest BCUT2D eigenvalue weighted by atomic mass is 10.1. The Hall–Kier alpha value is -0.580. The zero-order valence-corrected chi connectivity index (χ0v) is 9.22. The van der Waals surface area contributed by atoms with Gasteiger partial charge in [-0.05, 0) is 30.2 Å². The highest BCUT2D eigenvalue weighted by Crippen LogP contribution is 2.26. The second-order valence-electron chi connectivity index (χ2n) is 2.70. The van der Waals surface area contributed by atoms with E-state index >= 15 is 0 Å². The van der Waals surface area contributed by atoms with E-state index in [1.807, 2.05) is 19.1 Å². The minimum atomic E-state index is 0.391. The monoisotopic (exact) mass is 245 g/mol. The lowest BCUT2D eigenvalue weighted by molar-refractivity contribution is 0.123. The van der Waals surface area contributed by atoms with Crippen molar-refractivity contribution in [2.45, 2.75) is 13.5 Å². The van der Waals surface area contributed by atoms with Crippen molar-refractivity contribution in [3.63, 3.8) is 0 Å². The molecule has 0 bridgehead atoms. The summed E-state index contributed by atoms with van der Waals surface area (Å²) < 4.78 is 6.11. The van der Waals surface area contributed by atoms with Crippen LogP contribution in [-0.2, 0) is 11.4 Å². The predicted molar refractivity (Wildman–Crippen MR) is 54.4 cm³/mol. The van der Waals surface area contributed by atoms with E-state index in [-0.39, 0.29) is 0 Å². The highest BCUT2D eigenvalue weighted by molar-refractivity contribution is 9.10. The number of nitrogens with two attached hydrogens (primary N) is 1. The van der Waals surface area contributed by atoms with E-state index in [2.05, 4.69) is 20.8 Å². The zero-order chi connectivity index (χ0) is 9.84. The smallest absolute Gasteiger partial charge is 0.120 e. The van der Waals surface area contributed by atoms with Crippen LogP contribution in [0.25, 0.3) is 0 Å². The van der Waals surface area contributed by atoms with Crippen LogP contribution in [0.1, 0.15) is 11.1 Å². The molecule has 0 aliphatic carbocycles. The Morgan fingerprint density at radius 3 is 2.69 bits per heavy atom. The van der Waals surface area contributed by atoms with Crippen LogP contribution in [-0.4, -0.2) is 7.11 Å².